The van der Waals surface area contributed by atoms with Gasteiger partial charge in [0.05, 0.1) is 14.2 Å². The van der Waals surface area contributed by atoms with E-state index >= 15 is 0 Å². The van der Waals surface area contributed by atoms with Crippen molar-refractivity contribution in [2.75, 3.05) is 27.4 Å². The molecule has 0 atom stereocenters. The predicted octanol–water partition coefficient (Wildman–Crippen LogP) is 2.14. The van der Waals surface area contributed by atoms with Crippen molar-refractivity contribution in [3.63, 3.8) is 0 Å². The van der Waals surface area contributed by atoms with Crippen LogP contribution in [0.2, 0.25) is 0 Å². The minimum absolute atomic E-state index is 0.117. The van der Waals surface area contributed by atoms with Crippen molar-refractivity contribution in [3.05, 3.63) is 53.6 Å². The summed E-state index contributed by atoms with van der Waals surface area (Å²) in [7, 11) is 2.97. The Morgan fingerprint density at radius 1 is 0.897 bits per heavy atom. The Hall–Kier alpha value is -3.55. The van der Waals surface area contributed by atoms with Crippen LogP contribution in [0, 0.1) is 0 Å². The van der Waals surface area contributed by atoms with E-state index < -0.39 is 25.1 Å². The van der Waals surface area contributed by atoms with Gasteiger partial charge in [-0.1, -0.05) is 18.2 Å². The maximum atomic E-state index is 11.9. The molecule has 29 heavy (non-hydrogen) atoms. The number of ether oxygens (including phenoxy) is 4. The van der Waals surface area contributed by atoms with E-state index in [2.05, 4.69) is 5.32 Å². The average molecular weight is 401 g/mol. The van der Waals surface area contributed by atoms with E-state index in [1.807, 2.05) is 18.2 Å². The highest BCUT2D eigenvalue weighted by atomic mass is 16.6. The van der Waals surface area contributed by atoms with Gasteiger partial charge in [-0.3, -0.25) is 9.59 Å². The molecule has 0 aliphatic rings. The Morgan fingerprint density at radius 2 is 1.62 bits per heavy atom. The molecular weight excluding hydrogens is 378 g/mol. The summed E-state index contributed by atoms with van der Waals surface area (Å²) in [5.74, 6) is -0.0192. The third kappa shape index (κ3) is 6.53. The summed E-state index contributed by atoms with van der Waals surface area (Å²) in [6.45, 7) is 0.843. The topological polar surface area (TPSA) is 100 Å². The van der Waals surface area contributed by atoms with Gasteiger partial charge in [0.1, 0.15) is 5.75 Å². The van der Waals surface area contributed by atoms with Crippen LogP contribution in [0.25, 0.3) is 0 Å². The van der Waals surface area contributed by atoms with Crippen LogP contribution in [0.5, 0.6) is 17.2 Å². The predicted molar refractivity (Wildman–Crippen MR) is 104 cm³/mol. The van der Waals surface area contributed by atoms with Gasteiger partial charge in [-0.15, -0.1) is 0 Å². The first-order valence-electron chi connectivity index (χ1n) is 8.80. The van der Waals surface area contributed by atoms with E-state index in [-0.39, 0.29) is 18.1 Å². The summed E-state index contributed by atoms with van der Waals surface area (Å²) in [6.07, 6.45) is 0. The zero-order valence-corrected chi connectivity index (χ0v) is 16.5. The number of hydrogen-bond donors (Lipinski definition) is 1. The van der Waals surface area contributed by atoms with Gasteiger partial charge in [-0.05, 0) is 31.2 Å². The standard InChI is InChI=1S/C21H23NO7/c1-14(23)15-8-9-18(19(10-15)27-3)28-13-21(25)29-12-20(24)22-11-16-6-4-5-7-17(16)26-2/h4-10H,11-13H2,1-3H3,(H,22,24). The van der Waals surface area contributed by atoms with Crippen LogP contribution in [0.4, 0.5) is 0 Å². The minimum Gasteiger partial charge on any atom is -0.496 e. The van der Waals surface area contributed by atoms with Gasteiger partial charge < -0.3 is 24.3 Å². The van der Waals surface area contributed by atoms with Crippen molar-refractivity contribution in [2.24, 2.45) is 0 Å². The lowest BCUT2D eigenvalue weighted by molar-refractivity contribution is -0.150. The molecule has 2 rings (SSSR count). The maximum Gasteiger partial charge on any atom is 0.344 e. The Labute approximate surface area is 168 Å². The van der Waals surface area contributed by atoms with Gasteiger partial charge in [0.2, 0.25) is 0 Å². The summed E-state index contributed by atoms with van der Waals surface area (Å²) >= 11 is 0. The van der Waals surface area contributed by atoms with E-state index in [0.717, 1.165) is 5.56 Å². The smallest absolute Gasteiger partial charge is 0.344 e. The molecule has 8 heteroatoms. The molecule has 0 saturated carbocycles. The third-order valence-corrected chi connectivity index (χ3v) is 3.95. The number of amides is 1. The van der Waals surface area contributed by atoms with Crippen LogP contribution in [-0.2, 0) is 20.9 Å². The molecule has 1 amide bonds. The summed E-state index contributed by atoms with van der Waals surface area (Å²) in [4.78, 5) is 35.1. The fourth-order valence-corrected chi connectivity index (χ4v) is 2.42. The van der Waals surface area contributed by atoms with Gasteiger partial charge >= 0.3 is 5.97 Å². The maximum absolute atomic E-state index is 11.9. The van der Waals surface area contributed by atoms with Crippen molar-refractivity contribution < 1.29 is 33.3 Å². The molecule has 0 saturated heterocycles. The molecule has 1 N–H and O–H groups in total. The molecule has 0 fully saturated rings. The van der Waals surface area contributed by atoms with Gasteiger partial charge in [0.25, 0.3) is 5.91 Å². The number of hydrogen-bond acceptors (Lipinski definition) is 7. The number of nitrogens with one attached hydrogen (secondary N) is 1. The highest BCUT2D eigenvalue weighted by Crippen LogP contribution is 2.28. The largest absolute Gasteiger partial charge is 0.496 e. The van der Waals surface area contributed by atoms with Crippen molar-refractivity contribution in [1.29, 1.82) is 0 Å². The van der Waals surface area contributed by atoms with Crippen molar-refractivity contribution >= 4 is 17.7 Å². The second-order valence-electron chi connectivity index (χ2n) is 5.96. The van der Waals surface area contributed by atoms with Crippen LogP contribution in [-0.4, -0.2) is 45.1 Å². The summed E-state index contributed by atoms with van der Waals surface area (Å²) in [5, 5.41) is 2.65. The molecule has 0 radical (unpaired) electrons. The number of methoxy groups -OCH3 is 2. The SMILES string of the molecule is COc1ccccc1CNC(=O)COC(=O)COc1ccc(C(C)=O)cc1OC. The molecule has 2 aromatic rings. The highest BCUT2D eigenvalue weighted by molar-refractivity contribution is 5.94. The number of ketones is 1. The molecule has 8 nitrogen and oxygen atoms in total. The van der Waals surface area contributed by atoms with Gasteiger partial charge in [-0.2, -0.15) is 0 Å². The summed E-state index contributed by atoms with van der Waals surface area (Å²) < 4.78 is 20.6. The van der Waals surface area contributed by atoms with Crippen molar-refractivity contribution in [1.82, 2.24) is 5.32 Å². The number of para-hydroxylation sites is 1. The van der Waals surface area contributed by atoms with Gasteiger partial charge in [-0.25, -0.2) is 4.79 Å². The monoisotopic (exact) mass is 401 g/mol. The van der Waals surface area contributed by atoms with E-state index in [1.165, 1.54) is 26.2 Å². The second kappa shape index (κ2) is 10.7. The normalized spacial score (nSPS) is 10.0. The van der Waals surface area contributed by atoms with Gasteiger partial charge in [0, 0.05) is 17.7 Å². The Morgan fingerprint density at radius 3 is 2.31 bits per heavy atom. The molecular formula is C21H23NO7. The number of benzene rings is 2. The lowest BCUT2D eigenvalue weighted by Crippen LogP contribution is -2.29. The molecule has 2 aromatic carbocycles. The Balaban J connectivity index is 1.78. The zero-order valence-electron chi connectivity index (χ0n) is 16.5. The second-order valence-corrected chi connectivity index (χ2v) is 5.96. The van der Waals surface area contributed by atoms with Crippen LogP contribution in [0.15, 0.2) is 42.5 Å². The van der Waals surface area contributed by atoms with E-state index in [4.69, 9.17) is 18.9 Å². The number of Topliss-reactive ketones (excluding diaryl/α,β-unsaturated/α-hetero) is 1. The minimum atomic E-state index is -0.713. The molecule has 0 heterocycles. The quantitative estimate of drug-likeness (QED) is 0.481. The van der Waals surface area contributed by atoms with Gasteiger partial charge in [0.15, 0.2) is 30.5 Å². The molecule has 0 unspecified atom stereocenters. The highest BCUT2D eigenvalue weighted by Gasteiger charge is 2.13. The lowest BCUT2D eigenvalue weighted by Gasteiger charge is -2.12. The number of esters is 1. The average Bonchev–Trinajstić information content (AvgIpc) is 2.74. The lowest BCUT2D eigenvalue weighted by atomic mass is 10.1. The zero-order chi connectivity index (χ0) is 21.2. The molecule has 0 bridgehead atoms. The molecule has 0 spiro atoms. The van der Waals surface area contributed by atoms with E-state index in [0.29, 0.717) is 17.1 Å². The third-order valence-electron chi connectivity index (χ3n) is 3.95. The molecule has 0 aromatic heterocycles. The Bertz CT molecular complexity index is 879. The first kappa shape index (κ1) is 21.7. The van der Waals surface area contributed by atoms with Crippen molar-refractivity contribution in [3.8, 4) is 17.2 Å². The summed E-state index contributed by atoms with van der Waals surface area (Å²) in [5.41, 5.74) is 1.27. The van der Waals surface area contributed by atoms with Crippen LogP contribution >= 0.6 is 0 Å². The van der Waals surface area contributed by atoms with Crippen LogP contribution in [0.1, 0.15) is 22.8 Å². The molecule has 0 aliphatic carbocycles. The first-order chi connectivity index (χ1) is 13.9. The fraction of sp³-hybridized carbons (Fsp3) is 0.286. The molecule has 0 aliphatic heterocycles. The van der Waals surface area contributed by atoms with E-state index in [1.54, 1.807) is 19.2 Å². The van der Waals surface area contributed by atoms with Crippen molar-refractivity contribution in [2.45, 2.75) is 13.5 Å². The summed E-state index contributed by atoms with van der Waals surface area (Å²) in [6, 6.07) is 11.9. The fourth-order valence-electron chi connectivity index (χ4n) is 2.42. The van der Waals surface area contributed by atoms with Crippen LogP contribution < -0.4 is 19.5 Å². The Kier molecular flexibility index (Phi) is 8.02. The molecule has 154 valence electrons. The van der Waals surface area contributed by atoms with E-state index in [9.17, 15) is 14.4 Å². The van der Waals surface area contributed by atoms with Crippen LogP contribution in [0.3, 0.4) is 0 Å². The first-order valence-corrected chi connectivity index (χ1v) is 8.80. The number of carbonyl (C=O) groups excluding carboxylic acids is 3. The number of carbonyl (C=O) groups is 3. The number of rotatable bonds is 10.